The minimum Gasteiger partial charge on any atom is -0.497 e. The Kier molecular flexibility index (Phi) is 5.38. The molecular weight excluding hydrogens is 386 g/mol. The molecule has 30 heavy (non-hydrogen) atoms. The Balaban J connectivity index is 1.45. The first-order valence-corrected chi connectivity index (χ1v) is 10.5. The van der Waals surface area contributed by atoms with Gasteiger partial charge in [0, 0.05) is 5.56 Å². The summed E-state index contributed by atoms with van der Waals surface area (Å²) in [5.41, 5.74) is 0.393. The van der Waals surface area contributed by atoms with Crippen LogP contribution in [0.2, 0.25) is 0 Å². The van der Waals surface area contributed by atoms with E-state index in [4.69, 9.17) is 9.47 Å². The standard InChI is InChI=1S/C23H27NO6/c1-12(2)20(23(28)30-11-17(25)13-6-8-16(29-3)9-7-13)24-21(26)18-14-4-5-15(10-14)19(18)22(24)27/h6-9,12,14-15,18-20H,4-5,10-11H2,1-3H3/t14-,15-,18-,19+,20+/m0/s1. The van der Waals surface area contributed by atoms with Crippen molar-refractivity contribution in [2.75, 3.05) is 13.7 Å². The van der Waals surface area contributed by atoms with Gasteiger partial charge < -0.3 is 9.47 Å². The van der Waals surface area contributed by atoms with Gasteiger partial charge in [0.05, 0.1) is 18.9 Å². The Hall–Kier alpha value is -2.70. The van der Waals surface area contributed by atoms with E-state index in [9.17, 15) is 19.2 Å². The summed E-state index contributed by atoms with van der Waals surface area (Å²) < 4.78 is 10.3. The van der Waals surface area contributed by atoms with Gasteiger partial charge in [-0.1, -0.05) is 13.8 Å². The molecule has 1 aromatic rings. The van der Waals surface area contributed by atoms with Crippen molar-refractivity contribution in [1.29, 1.82) is 0 Å². The first-order chi connectivity index (χ1) is 14.3. The predicted molar refractivity (Wildman–Crippen MR) is 107 cm³/mol. The molecule has 4 rings (SSSR count). The smallest absolute Gasteiger partial charge is 0.330 e. The number of rotatable bonds is 7. The number of likely N-dealkylation sites (tertiary alicyclic amines) is 1. The topological polar surface area (TPSA) is 90.0 Å². The Morgan fingerprint density at radius 3 is 2.10 bits per heavy atom. The van der Waals surface area contributed by atoms with Crippen molar-refractivity contribution < 1.29 is 28.7 Å². The van der Waals surface area contributed by atoms with Crippen LogP contribution in [-0.2, 0) is 19.1 Å². The molecule has 1 heterocycles. The first-order valence-electron chi connectivity index (χ1n) is 10.5. The van der Waals surface area contributed by atoms with Gasteiger partial charge in [-0.15, -0.1) is 0 Å². The van der Waals surface area contributed by atoms with Gasteiger partial charge in [-0.25, -0.2) is 4.79 Å². The third-order valence-electron chi connectivity index (χ3n) is 6.87. The van der Waals surface area contributed by atoms with Crippen LogP contribution in [0.5, 0.6) is 5.75 Å². The number of carbonyl (C=O) groups excluding carboxylic acids is 4. The molecule has 160 valence electrons. The fourth-order valence-electron chi connectivity index (χ4n) is 5.46. The number of hydrogen-bond donors (Lipinski definition) is 0. The van der Waals surface area contributed by atoms with Crippen LogP contribution in [0.1, 0.15) is 43.5 Å². The number of benzene rings is 1. The van der Waals surface area contributed by atoms with Crippen LogP contribution < -0.4 is 4.74 Å². The maximum Gasteiger partial charge on any atom is 0.330 e. The van der Waals surface area contributed by atoms with Gasteiger partial charge in [0.25, 0.3) is 0 Å². The molecule has 2 bridgehead atoms. The number of hydrogen-bond acceptors (Lipinski definition) is 6. The van der Waals surface area contributed by atoms with Crippen molar-refractivity contribution in [2.45, 2.75) is 39.2 Å². The number of methoxy groups -OCH3 is 1. The molecule has 1 aliphatic heterocycles. The summed E-state index contributed by atoms with van der Waals surface area (Å²) in [7, 11) is 1.53. The van der Waals surface area contributed by atoms with Crippen LogP contribution in [0.15, 0.2) is 24.3 Å². The van der Waals surface area contributed by atoms with Crippen LogP contribution in [-0.4, -0.2) is 48.2 Å². The van der Waals surface area contributed by atoms with Crippen LogP contribution in [0, 0.1) is 29.6 Å². The summed E-state index contributed by atoms with van der Waals surface area (Å²) in [5.74, 6) is -1.31. The molecule has 2 aliphatic carbocycles. The molecule has 1 saturated heterocycles. The first kappa shape index (κ1) is 20.6. The molecule has 7 heteroatoms. The molecule has 1 aromatic carbocycles. The second kappa shape index (κ2) is 7.85. The number of ether oxygens (including phenoxy) is 2. The van der Waals surface area contributed by atoms with Crippen LogP contribution >= 0.6 is 0 Å². The van der Waals surface area contributed by atoms with E-state index in [1.807, 2.05) is 0 Å². The maximum absolute atomic E-state index is 13.1. The summed E-state index contributed by atoms with van der Waals surface area (Å²) in [4.78, 5) is 52.5. The Bertz CT molecular complexity index is 848. The zero-order valence-corrected chi connectivity index (χ0v) is 17.5. The highest BCUT2D eigenvalue weighted by atomic mass is 16.5. The van der Waals surface area contributed by atoms with Crippen molar-refractivity contribution in [1.82, 2.24) is 4.90 Å². The van der Waals surface area contributed by atoms with Crippen molar-refractivity contribution in [3.63, 3.8) is 0 Å². The fourth-order valence-corrected chi connectivity index (χ4v) is 5.46. The van der Waals surface area contributed by atoms with E-state index in [0.717, 1.165) is 24.2 Å². The largest absolute Gasteiger partial charge is 0.497 e. The molecule has 7 nitrogen and oxygen atoms in total. The van der Waals surface area contributed by atoms with Crippen LogP contribution in [0.3, 0.4) is 0 Å². The summed E-state index contributed by atoms with van der Waals surface area (Å²) in [6.07, 6.45) is 2.89. The van der Waals surface area contributed by atoms with Gasteiger partial charge in [-0.05, 0) is 61.3 Å². The summed E-state index contributed by atoms with van der Waals surface area (Å²) in [5, 5.41) is 0. The fraction of sp³-hybridized carbons (Fsp3) is 0.565. The Morgan fingerprint density at radius 1 is 1.03 bits per heavy atom. The number of amides is 2. The molecule has 3 aliphatic rings. The van der Waals surface area contributed by atoms with Gasteiger partial charge >= 0.3 is 5.97 Å². The zero-order chi connectivity index (χ0) is 21.6. The second-order valence-corrected chi connectivity index (χ2v) is 8.88. The number of carbonyl (C=O) groups is 4. The monoisotopic (exact) mass is 413 g/mol. The van der Waals surface area contributed by atoms with Crippen molar-refractivity contribution >= 4 is 23.6 Å². The summed E-state index contributed by atoms with van der Waals surface area (Å²) in [6, 6.07) is 5.50. The molecule has 3 fully saturated rings. The average molecular weight is 413 g/mol. The van der Waals surface area contributed by atoms with Gasteiger partial charge in [0.1, 0.15) is 11.8 Å². The van der Waals surface area contributed by atoms with E-state index in [0.29, 0.717) is 11.3 Å². The third-order valence-corrected chi connectivity index (χ3v) is 6.87. The quantitative estimate of drug-likeness (QED) is 0.388. The molecule has 0 unspecified atom stereocenters. The van der Waals surface area contributed by atoms with E-state index < -0.39 is 18.6 Å². The van der Waals surface area contributed by atoms with Gasteiger partial charge in [-0.3, -0.25) is 19.3 Å². The molecule has 0 N–H and O–H groups in total. The van der Waals surface area contributed by atoms with E-state index in [1.165, 1.54) is 7.11 Å². The minimum absolute atomic E-state index is 0.241. The highest BCUT2D eigenvalue weighted by Gasteiger charge is 2.62. The van der Waals surface area contributed by atoms with E-state index in [1.54, 1.807) is 38.1 Å². The molecule has 2 saturated carbocycles. The third kappa shape index (κ3) is 3.30. The summed E-state index contributed by atoms with van der Waals surface area (Å²) >= 11 is 0. The SMILES string of the molecule is COc1ccc(C(=O)COC(=O)[C@@H](C(C)C)N2C(=O)[C@@H]3[C@H]4CC[C@@H](C4)[C@@H]3C2=O)cc1. The molecule has 0 radical (unpaired) electrons. The molecule has 0 aromatic heterocycles. The minimum atomic E-state index is -1.00. The number of esters is 1. The van der Waals surface area contributed by atoms with Crippen LogP contribution in [0.25, 0.3) is 0 Å². The van der Waals surface area contributed by atoms with Gasteiger partial charge in [-0.2, -0.15) is 0 Å². The highest BCUT2D eigenvalue weighted by Crippen LogP contribution is 2.56. The lowest BCUT2D eigenvalue weighted by atomic mass is 9.81. The Labute approximate surface area is 175 Å². The number of ketones is 1. The predicted octanol–water partition coefficient (Wildman–Crippen LogP) is 2.48. The van der Waals surface area contributed by atoms with Crippen LogP contribution in [0.4, 0.5) is 0 Å². The van der Waals surface area contributed by atoms with E-state index in [2.05, 4.69) is 0 Å². The number of fused-ring (bicyclic) bond motifs is 5. The molecule has 5 atom stereocenters. The lowest BCUT2D eigenvalue weighted by Crippen LogP contribution is -2.50. The second-order valence-electron chi connectivity index (χ2n) is 8.88. The van der Waals surface area contributed by atoms with E-state index >= 15 is 0 Å². The lowest BCUT2D eigenvalue weighted by molar-refractivity contribution is -0.160. The summed E-state index contributed by atoms with van der Waals surface area (Å²) in [6.45, 7) is 3.11. The highest BCUT2D eigenvalue weighted by molar-refractivity contribution is 6.09. The number of imide groups is 1. The van der Waals surface area contributed by atoms with Gasteiger partial charge in [0.2, 0.25) is 11.8 Å². The van der Waals surface area contributed by atoms with E-state index in [-0.39, 0.29) is 47.2 Å². The molecule has 2 amide bonds. The molecular formula is C23H27NO6. The number of Topliss-reactive ketones (excluding diaryl/α,β-unsaturated/α-hetero) is 1. The normalized spacial score (nSPS) is 28.1. The number of nitrogens with zero attached hydrogens (tertiary/aromatic N) is 1. The maximum atomic E-state index is 13.1. The average Bonchev–Trinajstić information content (AvgIpc) is 3.42. The molecule has 0 spiro atoms. The van der Waals surface area contributed by atoms with Gasteiger partial charge in [0.15, 0.2) is 12.4 Å². The van der Waals surface area contributed by atoms with Crippen molar-refractivity contribution in [3.8, 4) is 5.75 Å². The van der Waals surface area contributed by atoms with Crippen molar-refractivity contribution in [2.24, 2.45) is 29.6 Å². The van der Waals surface area contributed by atoms with Crippen molar-refractivity contribution in [3.05, 3.63) is 29.8 Å². The zero-order valence-electron chi connectivity index (χ0n) is 17.5. The Morgan fingerprint density at radius 2 is 1.60 bits per heavy atom. The lowest BCUT2D eigenvalue weighted by Gasteiger charge is -2.28.